The number of halogens is 1. The predicted octanol–water partition coefficient (Wildman–Crippen LogP) is 1.34. The van der Waals surface area contributed by atoms with E-state index in [2.05, 4.69) is 21.2 Å². The number of amides is 1. The van der Waals surface area contributed by atoms with Crippen molar-refractivity contribution in [3.8, 4) is 5.75 Å². The molecule has 0 heterocycles. The van der Waals surface area contributed by atoms with Gasteiger partial charge >= 0.3 is 5.97 Å². The lowest BCUT2D eigenvalue weighted by atomic mass is 10.1. The monoisotopic (exact) mass is 359 g/mol. The van der Waals surface area contributed by atoms with E-state index >= 15 is 0 Å². The molecule has 1 aromatic rings. The standard InChI is InChI=1S/C14H18BrNO5/c1-8(17)13(14(19)20)16-12(18)6-4-9-3-5-11(21-2)10(15)7-9/h3,5,7-8,13,17H,4,6H2,1-2H3,(H,16,18)(H,19,20). The largest absolute Gasteiger partial charge is 0.496 e. The average molecular weight is 360 g/mol. The minimum absolute atomic E-state index is 0.134. The number of aliphatic hydroxyl groups is 1. The minimum atomic E-state index is -1.29. The number of carbonyl (C=O) groups excluding carboxylic acids is 1. The van der Waals surface area contributed by atoms with E-state index in [-0.39, 0.29) is 6.42 Å². The second-order valence-corrected chi connectivity index (χ2v) is 5.45. The summed E-state index contributed by atoms with van der Waals surface area (Å²) in [7, 11) is 1.56. The summed E-state index contributed by atoms with van der Waals surface area (Å²) >= 11 is 3.36. The van der Waals surface area contributed by atoms with Crippen molar-refractivity contribution >= 4 is 27.8 Å². The number of nitrogens with one attached hydrogen (secondary N) is 1. The Morgan fingerprint density at radius 3 is 2.57 bits per heavy atom. The molecule has 7 heteroatoms. The van der Waals surface area contributed by atoms with Crippen LogP contribution < -0.4 is 10.1 Å². The third-order valence-corrected chi connectivity index (χ3v) is 3.54. The Hall–Kier alpha value is -1.60. The number of carbonyl (C=O) groups is 2. The molecule has 1 amide bonds. The van der Waals surface area contributed by atoms with Crippen LogP contribution in [0.3, 0.4) is 0 Å². The van der Waals surface area contributed by atoms with Gasteiger partial charge in [-0.05, 0) is 47.0 Å². The smallest absolute Gasteiger partial charge is 0.328 e. The van der Waals surface area contributed by atoms with Crippen LogP contribution in [-0.4, -0.2) is 41.3 Å². The molecule has 2 atom stereocenters. The Balaban J connectivity index is 2.56. The number of aliphatic hydroxyl groups excluding tert-OH is 1. The quantitative estimate of drug-likeness (QED) is 0.682. The number of aliphatic carboxylic acids is 1. The zero-order valence-electron chi connectivity index (χ0n) is 11.8. The summed E-state index contributed by atoms with van der Waals surface area (Å²) in [6, 6.07) is 4.17. The molecular formula is C14H18BrNO5. The van der Waals surface area contributed by atoms with Crippen molar-refractivity contribution in [3.63, 3.8) is 0 Å². The summed E-state index contributed by atoms with van der Waals surface area (Å²) in [5.74, 6) is -0.982. The van der Waals surface area contributed by atoms with Gasteiger partial charge in [-0.25, -0.2) is 4.79 Å². The summed E-state index contributed by atoms with van der Waals surface area (Å²) < 4.78 is 5.90. The molecule has 0 bridgehead atoms. The van der Waals surface area contributed by atoms with E-state index in [1.54, 1.807) is 13.2 Å². The van der Waals surface area contributed by atoms with E-state index in [4.69, 9.17) is 9.84 Å². The molecular weight excluding hydrogens is 342 g/mol. The molecule has 0 aliphatic rings. The first-order valence-electron chi connectivity index (χ1n) is 6.37. The fraction of sp³-hybridized carbons (Fsp3) is 0.429. The predicted molar refractivity (Wildman–Crippen MR) is 80.3 cm³/mol. The van der Waals surface area contributed by atoms with Crippen molar-refractivity contribution < 1.29 is 24.5 Å². The van der Waals surface area contributed by atoms with Crippen LogP contribution in [0.15, 0.2) is 22.7 Å². The third-order valence-electron chi connectivity index (χ3n) is 2.92. The highest BCUT2D eigenvalue weighted by Crippen LogP contribution is 2.25. The summed E-state index contributed by atoms with van der Waals surface area (Å²) in [5.41, 5.74) is 0.918. The van der Waals surface area contributed by atoms with Crippen LogP contribution in [0, 0.1) is 0 Å². The van der Waals surface area contributed by atoms with Crippen molar-refractivity contribution in [2.24, 2.45) is 0 Å². The summed E-state index contributed by atoms with van der Waals surface area (Å²) in [6.07, 6.45) is -0.558. The van der Waals surface area contributed by atoms with Gasteiger partial charge in [0, 0.05) is 6.42 Å². The zero-order valence-corrected chi connectivity index (χ0v) is 13.4. The van der Waals surface area contributed by atoms with Crippen molar-refractivity contribution in [2.45, 2.75) is 31.9 Å². The summed E-state index contributed by atoms with van der Waals surface area (Å²) in [5, 5.41) is 20.5. The molecule has 0 saturated heterocycles. The first kappa shape index (κ1) is 17.5. The number of aryl methyl sites for hydroxylation is 1. The van der Waals surface area contributed by atoms with Crippen LogP contribution >= 0.6 is 15.9 Å². The van der Waals surface area contributed by atoms with Gasteiger partial charge in [0.05, 0.1) is 17.7 Å². The Labute approximate surface area is 131 Å². The van der Waals surface area contributed by atoms with Crippen LogP contribution in [0.2, 0.25) is 0 Å². The topological polar surface area (TPSA) is 95.9 Å². The van der Waals surface area contributed by atoms with Crippen molar-refractivity contribution in [2.75, 3.05) is 7.11 Å². The second-order valence-electron chi connectivity index (χ2n) is 4.59. The van der Waals surface area contributed by atoms with E-state index in [0.717, 1.165) is 10.0 Å². The molecule has 0 radical (unpaired) electrons. The molecule has 6 nitrogen and oxygen atoms in total. The second kappa shape index (κ2) is 7.99. The fourth-order valence-electron chi connectivity index (χ4n) is 1.76. The van der Waals surface area contributed by atoms with Crippen LogP contribution in [0.1, 0.15) is 18.9 Å². The number of rotatable bonds is 7. The van der Waals surface area contributed by atoms with Crippen LogP contribution in [0.5, 0.6) is 5.75 Å². The maximum absolute atomic E-state index is 11.7. The molecule has 0 aliphatic heterocycles. The van der Waals surface area contributed by atoms with Crippen molar-refractivity contribution in [3.05, 3.63) is 28.2 Å². The number of carboxylic acids is 1. The van der Waals surface area contributed by atoms with Gasteiger partial charge in [-0.1, -0.05) is 6.07 Å². The average Bonchev–Trinajstić information content (AvgIpc) is 2.42. The molecule has 2 unspecified atom stereocenters. The van der Waals surface area contributed by atoms with Gasteiger partial charge in [-0.3, -0.25) is 4.79 Å². The van der Waals surface area contributed by atoms with E-state index in [0.29, 0.717) is 12.2 Å². The highest BCUT2D eigenvalue weighted by atomic mass is 79.9. The molecule has 0 spiro atoms. The number of hydrogen-bond acceptors (Lipinski definition) is 4. The van der Waals surface area contributed by atoms with Crippen LogP contribution in [0.25, 0.3) is 0 Å². The maximum atomic E-state index is 11.7. The maximum Gasteiger partial charge on any atom is 0.328 e. The Bertz CT molecular complexity index is 518. The van der Waals surface area contributed by atoms with Gasteiger partial charge in [-0.15, -0.1) is 0 Å². The van der Waals surface area contributed by atoms with Crippen LogP contribution in [-0.2, 0) is 16.0 Å². The molecule has 1 aromatic carbocycles. The van der Waals surface area contributed by atoms with E-state index in [1.807, 2.05) is 12.1 Å². The first-order chi connectivity index (χ1) is 9.85. The molecule has 1 rings (SSSR count). The van der Waals surface area contributed by atoms with E-state index in [9.17, 15) is 14.7 Å². The lowest BCUT2D eigenvalue weighted by Gasteiger charge is -2.17. The van der Waals surface area contributed by atoms with E-state index < -0.39 is 24.0 Å². The van der Waals surface area contributed by atoms with Crippen molar-refractivity contribution in [1.82, 2.24) is 5.32 Å². The zero-order chi connectivity index (χ0) is 16.0. The van der Waals surface area contributed by atoms with Crippen molar-refractivity contribution in [1.29, 1.82) is 0 Å². The molecule has 3 N–H and O–H groups in total. The first-order valence-corrected chi connectivity index (χ1v) is 7.17. The Kier molecular flexibility index (Phi) is 6.64. The summed E-state index contributed by atoms with van der Waals surface area (Å²) in [6.45, 7) is 1.32. The van der Waals surface area contributed by atoms with Gasteiger partial charge in [-0.2, -0.15) is 0 Å². The number of ether oxygens (including phenoxy) is 1. The summed E-state index contributed by atoms with van der Waals surface area (Å²) in [4.78, 5) is 22.6. The SMILES string of the molecule is COc1ccc(CCC(=O)NC(C(=O)O)C(C)O)cc1Br. The van der Waals surface area contributed by atoms with Gasteiger partial charge in [0.1, 0.15) is 5.75 Å². The van der Waals surface area contributed by atoms with Gasteiger partial charge < -0.3 is 20.3 Å². The van der Waals surface area contributed by atoms with Gasteiger partial charge in [0.2, 0.25) is 5.91 Å². The Morgan fingerprint density at radius 1 is 1.43 bits per heavy atom. The number of benzene rings is 1. The number of methoxy groups -OCH3 is 1. The highest BCUT2D eigenvalue weighted by molar-refractivity contribution is 9.10. The third kappa shape index (κ3) is 5.35. The Morgan fingerprint density at radius 2 is 2.10 bits per heavy atom. The van der Waals surface area contributed by atoms with Crippen LogP contribution in [0.4, 0.5) is 0 Å². The van der Waals surface area contributed by atoms with Gasteiger partial charge in [0.15, 0.2) is 6.04 Å². The molecule has 0 saturated carbocycles. The fourth-order valence-corrected chi connectivity index (χ4v) is 2.35. The van der Waals surface area contributed by atoms with Gasteiger partial charge in [0.25, 0.3) is 0 Å². The molecule has 0 fully saturated rings. The molecule has 116 valence electrons. The highest BCUT2D eigenvalue weighted by Gasteiger charge is 2.24. The normalized spacial score (nSPS) is 13.3. The van der Waals surface area contributed by atoms with E-state index in [1.165, 1.54) is 6.92 Å². The lowest BCUT2D eigenvalue weighted by molar-refractivity contribution is -0.144. The molecule has 0 aliphatic carbocycles. The number of carboxylic acid groups (broad SMARTS) is 1. The minimum Gasteiger partial charge on any atom is -0.496 e. The molecule has 0 aromatic heterocycles. The molecule has 21 heavy (non-hydrogen) atoms. The number of hydrogen-bond donors (Lipinski definition) is 3. The lowest BCUT2D eigenvalue weighted by Crippen LogP contribution is -2.47.